The van der Waals surface area contributed by atoms with Crippen molar-refractivity contribution in [2.75, 3.05) is 59.4 Å². The summed E-state index contributed by atoms with van der Waals surface area (Å²) in [4.78, 5) is 32.8. The van der Waals surface area contributed by atoms with Gasteiger partial charge in [-0.2, -0.15) is 0 Å². The van der Waals surface area contributed by atoms with Crippen molar-refractivity contribution >= 4 is 17.8 Å². The summed E-state index contributed by atoms with van der Waals surface area (Å²) in [6, 6.07) is 0. The number of hydrogen-bond acceptors (Lipinski definition) is 8. The minimum absolute atomic E-state index is 0.118. The van der Waals surface area contributed by atoms with E-state index in [-0.39, 0.29) is 26.4 Å². The van der Waals surface area contributed by atoms with Crippen molar-refractivity contribution in [3.63, 3.8) is 0 Å². The lowest BCUT2D eigenvalue weighted by atomic mass is 10.2. The van der Waals surface area contributed by atoms with Crippen LogP contribution in [0.4, 0.5) is 0 Å². The molecule has 0 atom stereocenters. The van der Waals surface area contributed by atoms with Crippen molar-refractivity contribution in [2.24, 2.45) is 0 Å². The number of nitrogens with one attached hydrogen (secondary N) is 1. The molecule has 0 aromatic rings. The minimum Gasteiger partial charge on any atom is -0.480 e. The van der Waals surface area contributed by atoms with Crippen molar-refractivity contribution < 1.29 is 43.2 Å². The molecule has 0 aromatic heterocycles. The van der Waals surface area contributed by atoms with E-state index in [4.69, 9.17) is 24.1 Å². The Morgan fingerprint density at radius 3 is 1.96 bits per heavy atom. The Labute approximate surface area is 153 Å². The topological polar surface area (TPSA) is 130 Å². The monoisotopic (exact) mass is 379 g/mol. The van der Waals surface area contributed by atoms with Gasteiger partial charge < -0.3 is 34.1 Å². The second-order valence-corrected chi connectivity index (χ2v) is 6.10. The van der Waals surface area contributed by atoms with E-state index >= 15 is 0 Å². The molecule has 152 valence electrons. The van der Waals surface area contributed by atoms with E-state index < -0.39 is 30.1 Å². The van der Waals surface area contributed by atoms with Crippen molar-refractivity contribution in [3.8, 4) is 0 Å². The van der Waals surface area contributed by atoms with Gasteiger partial charge in [0.1, 0.15) is 25.4 Å². The van der Waals surface area contributed by atoms with Crippen LogP contribution >= 0.6 is 0 Å². The highest BCUT2D eigenvalue weighted by molar-refractivity contribution is 5.77. The van der Waals surface area contributed by atoms with Crippen molar-refractivity contribution in [1.82, 2.24) is 5.32 Å². The van der Waals surface area contributed by atoms with Crippen LogP contribution in [0.1, 0.15) is 20.8 Å². The quantitative estimate of drug-likeness (QED) is 0.288. The predicted molar refractivity (Wildman–Crippen MR) is 89.8 cm³/mol. The number of carbonyl (C=O) groups excluding carboxylic acids is 2. The summed E-state index contributed by atoms with van der Waals surface area (Å²) < 4.78 is 25.3. The zero-order valence-corrected chi connectivity index (χ0v) is 15.6. The largest absolute Gasteiger partial charge is 0.480 e. The van der Waals surface area contributed by atoms with Gasteiger partial charge in [-0.3, -0.25) is 4.79 Å². The van der Waals surface area contributed by atoms with Crippen LogP contribution in [0.5, 0.6) is 0 Å². The van der Waals surface area contributed by atoms with E-state index in [0.717, 1.165) is 0 Å². The molecule has 0 heterocycles. The minimum atomic E-state index is -1.13. The standard InChI is InChI=1S/C16H29NO9/c1-16(2,3)26-15(21)12-24-9-8-23-7-6-22-5-4-17-13(18)10-25-11-14(19)20/h4-12H2,1-3H3,(H,17,18)(H,19,20). The van der Waals surface area contributed by atoms with Crippen LogP contribution in [-0.4, -0.2) is 88.0 Å². The van der Waals surface area contributed by atoms with E-state index in [1.807, 2.05) is 0 Å². The molecule has 26 heavy (non-hydrogen) atoms. The first kappa shape index (κ1) is 24.2. The molecule has 0 aromatic carbocycles. The summed E-state index contributed by atoms with van der Waals surface area (Å²) >= 11 is 0. The van der Waals surface area contributed by atoms with Crippen molar-refractivity contribution in [1.29, 1.82) is 0 Å². The number of carboxylic acid groups (broad SMARTS) is 1. The van der Waals surface area contributed by atoms with E-state index in [9.17, 15) is 14.4 Å². The lowest BCUT2D eigenvalue weighted by Crippen LogP contribution is -2.31. The van der Waals surface area contributed by atoms with Gasteiger partial charge in [0, 0.05) is 6.54 Å². The fourth-order valence-electron chi connectivity index (χ4n) is 1.51. The smallest absolute Gasteiger partial charge is 0.332 e. The SMILES string of the molecule is CC(C)(C)OC(=O)COCCOCCOCCNC(=O)COCC(=O)O. The Morgan fingerprint density at radius 1 is 0.808 bits per heavy atom. The number of amides is 1. The number of rotatable bonds is 15. The van der Waals surface area contributed by atoms with Crippen LogP contribution < -0.4 is 5.32 Å². The molecule has 0 rings (SSSR count). The summed E-state index contributed by atoms with van der Waals surface area (Å²) in [5.74, 6) is -1.96. The van der Waals surface area contributed by atoms with Crippen molar-refractivity contribution in [3.05, 3.63) is 0 Å². The Hall–Kier alpha value is -1.75. The maximum absolute atomic E-state index is 11.4. The number of hydrogen-bond donors (Lipinski definition) is 2. The molecule has 0 aliphatic carbocycles. The molecule has 10 nitrogen and oxygen atoms in total. The second kappa shape index (κ2) is 14.4. The summed E-state index contributed by atoms with van der Waals surface area (Å²) in [5.41, 5.74) is -0.529. The van der Waals surface area contributed by atoms with E-state index in [1.165, 1.54) is 0 Å². The highest BCUT2D eigenvalue weighted by Gasteiger charge is 2.15. The third-order valence-electron chi connectivity index (χ3n) is 2.41. The Kier molecular flexibility index (Phi) is 13.5. The van der Waals surface area contributed by atoms with Crippen LogP contribution in [0.15, 0.2) is 0 Å². The van der Waals surface area contributed by atoms with Gasteiger partial charge in [0.05, 0.1) is 33.0 Å². The average Bonchev–Trinajstić information content (AvgIpc) is 2.50. The molecule has 0 bridgehead atoms. The second-order valence-electron chi connectivity index (χ2n) is 6.10. The van der Waals surface area contributed by atoms with Gasteiger partial charge in [0.2, 0.25) is 5.91 Å². The Morgan fingerprint density at radius 2 is 1.38 bits per heavy atom. The molecule has 0 aliphatic rings. The lowest BCUT2D eigenvalue weighted by Gasteiger charge is -2.19. The maximum Gasteiger partial charge on any atom is 0.332 e. The third kappa shape index (κ3) is 18.6. The number of carboxylic acids is 1. The molecule has 0 saturated heterocycles. The van der Waals surface area contributed by atoms with Crippen LogP contribution in [-0.2, 0) is 38.1 Å². The first-order valence-electron chi connectivity index (χ1n) is 8.22. The molecule has 0 aliphatic heterocycles. The number of ether oxygens (including phenoxy) is 5. The zero-order chi connectivity index (χ0) is 19.8. The first-order chi connectivity index (χ1) is 12.2. The van der Waals surface area contributed by atoms with Crippen molar-refractivity contribution in [2.45, 2.75) is 26.4 Å². The highest BCUT2D eigenvalue weighted by atomic mass is 16.6. The average molecular weight is 379 g/mol. The predicted octanol–water partition coefficient (Wildman–Crippen LogP) is -0.405. The molecule has 1 amide bonds. The lowest BCUT2D eigenvalue weighted by molar-refractivity contribution is -0.160. The highest BCUT2D eigenvalue weighted by Crippen LogP contribution is 2.06. The number of aliphatic carboxylic acids is 1. The Bertz CT molecular complexity index is 420. The normalized spacial score (nSPS) is 11.2. The van der Waals surface area contributed by atoms with Crippen LogP contribution in [0.2, 0.25) is 0 Å². The van der Waals surface area contributed by atoms with E-state index in [2.05, 4.69) is 10.1 Å². The molecule has 0 fully saturated rings. The maximum atomic E-state index is 11.4. The summed E-state index contributed by atoms with van der Waals surface area (Å²) in [7, 11) is 0. The molecule has 0 radical (unpaired) electrons. The van der Waals surface area contributed by atoms with Crippen LogP contribution in [0.25, 0.3) is 0 Å². The van der Waals surface area contributed by atoms with Gasteiger partial charge >= 0.3 is 11.9 Å². The zero-order valence-electron chi connectivity index (χ0n) is 15.6. The number of esters is 1. The van der Waals surface area contributed by atoms with E-state index in [0.29, 0.717) is 26.4 Å². The van der Waals surface area contributed by atoms with Gasteiger partial charge in [0.25, 0.3) is 0 Å². The molecule has 0 spiro atoms. The van der Waals surface area contributed by atoms with Gasteiger partial charge in [-0.1, -0.05) is 0 Å². The van der Waals surface area contributed by atoms with Crippen LogP contribution in [0.3, 0.4) is 0 Å². The molecule has 0 unspecified atom stereocenters. The first-order valence-corrected chi connectivity index (χ1v) is 8.22. The molecule has 0 saturated carbocycles. The fourth-order valence-corrected chi connectivity index (χ4v) is 1.51. The van der Waals surface area contributed by atoms with Gasteiger partial charge in [0.15, 0.2) is 0 Å². The summed E-state index contributed by atoms with van der Waals surface area (Å²) in [6.45, 7) is 6.29. The Balaban J connectivity index is 3.30. The van der Waals surface area contributed by atoms with Gasteiger partial charge in [-0.25, -0.2) is 9.59 Å². The molecule has 10 heteroatoms. The summed E-state index contributed by atoms with van der Waals surface area (Å²) in [5, 5.41) is 10.9. The van der Waals surface area contributed by atoms with E-state index in [1.54, 1.807) is 20.8 Å². The molecular weight excluding hydrogens is 350 g/mol. The summed E-state index contributed by atoms with van der Waals surface area (Å²) in [6.07, 6.45) is 0. The third-order valence-corrected chi connectivity index (χ3v) is 2.41. The molecular formula is C16H29NO9. The number of carbonyl (C=O) groups is 3. The van der Waals surface area contributed by atoms with Gasteiger partial charge in [-0.05, 0) is 20.8 Å². The van der Waals surface area contributed by atoms with Crippen LogP contribution in [0, 0.1) is 0 Å². The fraction of sp³-hybridized carbons (Fsp3) is 0.812. The van der Waals surface area contributed by atoms with Gasteiger partial charge in [-0.15, -0.1) is 0 Å². The molecule has 2 N–H and O–H groups in total.